The Kier molecular flexibility index (Phi) is 6.32. The minimum Gasteiger partial charge on any atom is -0.467 e. The number of carbonyl (C=O) groups excluding carboxylic acids is 2. The number of rotatable bonds is 7. The smallest absolute Gasteiger partial charge is 0.310 e. The number of carbonyl (C=O) groups is 2. The van der Waals surface area contributed by atoms with E-state index in [-0.39, 0.29) is 12.0 Å². The fraction of sp³-hybridized carbons (Fsp3) is 0.227. The standard InChI is InChI=1S/C22H20FN3O4/c1-14-15(2)26(12-17-7-5-9-29-17)22(18(14)11-24)25-20(27)13-30-21(28)10-16-6-3-4-8-19(16)23/h3-9H,10,12-13H2,1-2H3,(H,25,27). The van der Waals surface area contributed by atoms with Gasteiger partial charge in [-0.15, -0.1) is 0 Å². The van der Waals surface area contributed by atoms with E-state index < -0.39 is 24.3 Å². The van der Waals surface area contributed by atoms with Gasteiger partial charge in [0.25, 0.3) is 5.91 Å². The van der Waals surface area contributed by atoms with Gasteiger partial charge in [0.1, 0.15) is 23.5 Å². The Labute approximate surface area is 172 Å². The van der Waals surface area contributed by atoms with Crippen LogP contribution in [-0.4, -0.2) is 23.1 Å². The molecule has 0 fully saturated rings. The van der Waals surface area contributed by atoms with Crippen molar-refractivity contribution in [2.24, 2.45) is 0 Å². The monoisotopic (exact) mass is 409 g/mol. The van der Waals surface area contributed by atoms with Crippen LogP contribution >= 0.6 is 0 Å². The Balaban J connectivity index is 1.68. The summed E-state index contributed by atoms with van der Waals surface area (Å²) in [6.45, 7) is 3.39. The van der Waals surface area contributed by atoms with Crippen LogP contribution in [-0.2, 0) is 27.3 Å². The van der Waals surface area contributed by atoms with Gasteiger partial charge in [-0.2, -0.15) is 5.26 Å². The van der Waals surface area contributed by atoms with Crippen LogP contribution in [0.25, 0.3) is 0 Å². The maximum absolute atomic E-state index is 13.6. The van der Waals surface area contributed by atoms with Crippen LogP contribution in [0.4, 0.5) is 10.2 Å². The molecule has 0 spiro atoms. The molecule has 0 saturated carbocycles. The van der Waals surface area contributed by atoms with E-state index in [1.165, 1.54) is 18.2 Å². The number of nitrogens with zero attached hydrogens (tertiary/aromatic N) is 2. The molecule has 1 aromatic carbocycles. The normalized spacial score (nSPS) is 10.5. The Morgan fingerprint density at radius 2 is 2.00 bits per heavy atom. The van der Waals surface area contributed by atoms with Gasteiger partial charge in [-0.1, -0.05) is 18.2 Å². The fourth-order valence-electron chi connectivity index (χ4n) is 3.05. The highest BCUT2D eigenvalue weighted by molar-refractivity contribution is 5.93. The van der Waals surface area contributed by atoms with Crippen molar-refractivity contribution in [1.29, 1.82) is 5.26 Å². The van der Waals surface area contributed by atoms with Crippen molar-refractivity contribution in [2.75, 3.05) is 11.9 Å². The van der Waals surface area contributed by atoms with E-state index in [0.29, 0.717) is 23.7 Å². The topological polar surface area (TPSA) is 97.3 Å². The highest BCUT2D eigenvalue weighted by Crippen LogP contribution is 2.27. The molecule has 2 heterocycles. The second-order valence-corrected chi connectivity index (χ2v) is 6.69. The SMILES string of the molecule is Cc1c(C#N)c(NC(=O)COC(=O)Cc2ccccc2F)n(Cc2ccco2)c1C. The first-order valence-corrected chi connectivity index (χ1v) is 9.21. The zero-order chi connectivity index (χ0) is 21.7. The minimum atomic E-state index is -0.728. The molecular weight excluding hydrogens is 389 g/mol. The number of aromatic nitrogens is 1. The first-order chi connectivity index (χ1) is 14.4. The fourth-order valence-corrected chi connectivity index (χ4v) is 3.05. The lowest BCUT2D eigenvalue weighted by atomic mass is 10.1. The van der Waals surface area contributed by atoms with Gasteiger partial charge in [0.2, 0.25) is 0 Å². The average molecular weight is 409 g/mol. The lowest BCUT2D eigenvalue weighted by molar-refractivity contribution is -0.146. The van der Waals surface area contributed by atoms with E-state index in [1.807, 2.05) is 6.92 Å². The zero-order valence-corrected chi connectivity index (χ0v) is 16.6. The summed E-state index contributed by atoms with van der Waals surface area (Å²) in [6, 6.07) is 11.5. The maximum atomic E-state index is 13.6. The van der Waals surface area contributed by atoms with Crippen molar-refractivity contribution in [3.8, 4) is 6.07 Å². The molecular formula is C22H20FN3O4. The summed E-state index contributed by atoms with van der Waals surface area (Å²) in [5.74, 6) is -0.886. The number of nitrogens with one attached hydrogen (secondary N) is 1. The molecule has 3 rings (SSSR count). The molecule has 0 atom stereocenters. The Morgan fingerprint density at radius 3 is 2.67 bits per heavy atom. The van der Waals surface area contributed by atoms with Crippen LogP contribution in [0.15, 0.2) is 47.1 Å². The molecule has 0 radical (unpaired) electrons. The summed E-state index contributed by atoms with van der Waals surface area (Å²) < 4.78 is 25.7. The van der Waals surface area contributed by atoms with Crippen molar-refractivity contribution in [3.05, 3.63) is 76.6 Å². The molecule has 30 heavy (non-hydrogen) atoms. The third kappa shape index (κ3) is 4.58. The molecule has 154 valence electrons. The number of hydrogen-bond donors (Lipinski definition) is 1. The summed E-state index contributed by atoms with van der Waals surface area (Å²) in [5, 5.41) is 12.2. The van der Waals surface area contributed by atoms with Crippen LogP contribution in [0.1, 0.15) is 28.1 Å². The van der Waals surface area contributed by atoms with Gasteiger partial charge in [0, 0.05) is 5.69 Å². The molecule has 1 N–H and O–H groups in total. The summed E-state index contributed by atoms with van der Waals surface area (Å²) in [4.78, 5) is 24.3. The summed E-state index contributed by atoms with van der Waals surface area (Å²) in [5.41, 5.74) is 2.05. The first-order valence-electron chi connectivity index (χ1n) is 9.21. The highest BCUT2D eigenvalue weighted by Gasteiger charge is 2.21. The summed E-state index contributed by atoms with van der Waals surface area (Å²) in [6.07, 6.45) is 1.26. The minimum absolute atomic E-state index is 0.188. The van der Waals surface area contributed by atoms with Gasteiger partial charge < -0.3 is 19.0 Å². The van der Waals surface area contributed by atoms with E-state index in [4.69, 9.17) is 9.15 Å². The van der Waals surface area contributed by atoms with E-state index in [9.17, 15) is 19.2 Å². The summed E-state index contributed by atoms with van der Waals surface area (Å²) in [7, 11) is 0. The van der Waals surface area contributed by atoms with Crippen molar-refractivity contribution in [1.82, 2.24) is 4.57 Å². The van der Waals surface area contributed by atoms with Gasteiger partial charge in [0.05, 0.1) is 24.8 Å². The molecule has 7 nitrogen and oxygen atoms in total. The van der Waals surface area contributed by atoms with Crippen molar-refractivity contribution >= 4 is 17.7 Å². The number of esters is 1. The van der Waals surface area contributed by atoms with Gasteiger partial charge in [-0.25, -0.2) is 4.39 Å². The number of benzene rings is 1. The third-order valence-corrected chi connectivity index (χ3v) is 4.75. The molecule has 0 aliphatic carbocycles. The van der Waals surface area contributed by atoms with Crippen LogP contribution in [0, 0.1) is 31.0 Å². The molecule has 1 amide bonds. The second-order valence-electron chi connectivity index (χ2n) is 6.69. The molecule has 0 saturated heterocycles. The van der Waals surface area contributed by atoms with Crippen LogP contribution in [0.3, 0.4) is 0 Å². The first kappa shape index (κ1) is 20.9. The molecule has 3 aromatic rings. The van der Waals surface area contributed by atoms with Gasteiger partial charge in [-0.3, -0.25) is 9.59 Å². The molecule has 0 unspecified atom stereocenters. The quantitative estimate of drug-likeness (QED) is 0.603. The Morgan fingerprint density at radius 1 is 1.23 bits per heavy atom. The Hall–Kier alpha value is -3.86. The van der Waals surface area contributed by atoms with Crippen LogP contribution in [0.2, 0.25) is 0 Å². The maximum Gasteiger partial charge on any atom is 0.310 e. The number of nitriles is 1. The van der Waals surface area contributed by atoms with E-state index >= 15 is 0 Å². The number of anilines is 1. The lowest BCUT2D eigenvalue weighted by Crippen LogP contribution is -2.24. The number of furan rings is 1. The van der Waals surface area contributed by atoms with Gasteiger partial charge in [0.15, 0.2) is 6.61 Å². The van der Waals surface area contributed by atoms with Crippen LogP contribution < -0.4 is 5.32 Å². The Bertz CT molecular complexity index is 1110. The number of hydrogen-bond acceptors (Lipinski definition) is 5. The third-order valence-electron chi connectivity index (χ3n) is 4.75. The predicted molar refractivity (Wildman–Crippen MR) is 106 cm³/mol. The number of ether oxygens (including phenoxy) is 1. The predicted octanol–water partition coefficient (Wildman–Crippen LogP) is 3.48. The second kappa shape index (κ2) is 9.09. The lowest BCUT2D eigenvalue weighted by Gasteiger charge is -2.12. The van der Waals surface area contributed by atoms with Crippen molar-refractivity contribution in [3.63, 3.8) is 0 Å². The molecule has 8 heteroatoms. The zero-order valence-electron chi connectivity index (χ0n) is 16.6. The van der Waals surface area contributed by atoms with Crippen LogP contribution in [0.5, 0.6) is 0 Å². The number of halogens is 1. The molecule has 0 aliphatic rings. The summed E-state index contributed by atoms with van der Waals surface area (Å²) >= 11 is 0. The van der Waals surface area contributed by atoms with E-state index in [2.05, 4.69) is 11.4 Å². The highest BCUT2D eigenvalue weighted by atomic mass is 19.1. The molecule has 2 aromatic heterocycles. The largest absolute Gasteiger partial charge is 0.467 e. The molecule has 0 aliphatic heterocycles. The van der Waals surface area contributed by atoms with Crippen molar-refractivity contribution < 1.29 is 23.1 Å². The molecule has 0 bridgehead atoms. The average Bonchev–Trinajstić information content (AvgIpc) is 3.31. The van der Waals surface area contributed by atoms with Gasteiger partial charge >= 0.3 is 5.97 Å². The van der Waals surface area contributed by atoms with E-state index in [1.54, 1.807) is 36.0 Å². The van der Waals surface area contributed by atoms with E-state index in [0.717, 1.165) is 11.3 Å². The van der Waals surface area contributed by atoms with Gasteiger partial charge in [-0.05, 0) is 43.2 Å². The number of amides is 1. The van der Waals surface area contributed by atoms with Crippen molar-refractivity contribution in [2.45, 2.75) is 26.8 Å².